The van der Waals surface area contributed by atoms with Gasteiger partial charge in [0.25, 0.3) is 5.56 Å². The number of nitrogens with zero attached hydrogens (tertiary/aromatic N) is 3. The molecular weight excluding hydrogens is 378 g/mol. The van der Waals surface area contributed by atoms with E-state index < -0.39 is 0 Å². The molecule has 27 heavy (non-hydrogen) atoms. The molecular formula is C20H23N3O2S2. The maximum absolute atomic E-state index is 13.2. The smallest absolute Gasteiger partial charge is 0.276 e. The summed E-state index contributed by atoms with van der Waals surface area (Å²) in [7, 11) is 0. The van der Waals surface area contributed by atoms with Crippen LogP contribution in [0.5, 0.6) is 0 Å². The zero-order chi connectivity index (χ0) is 19.6. The topological polar surface area (TPSA) is 55.2 Å². The third-order valence-electron chi connectivity index (χ3n) is 4.71. The maximum Gasteiger partial charge on any atom is 0.276 e. The summed E-state index contributed by atoms with van der Waals surface area (Å²) >= 11 is 2.72. The van der Waals surface area contributed by atoms with E-state index in [4.69, 9.17) is 4.98 Å². The monoisotopic (exact) mass is 401 g/mol. The van der Waals surface area contributed by atoms with Gasteiger partial charge in [-0.05, 0) is 56.3 Å². The van der Waals surface area contributed by atoms with Crippen molar-refractivity contribution in [2.45, 2.75) is 32.9 Å². The first-order valence-electron chi connectivity index (χ1n) is 8.95. The molecule has 0 unspecified atom stereocenters. The Morgan fingerprint density at radius 1 is 1.22 bits per heavy atom. The van der Waals surface area contributed by atoms with Gasteiger partial charge in [0.05, 0.1) is 17.0 Å². The largest absolute Gasteiger partial charge is 0.343 e. The zero-order valence-corrected chi connectivity index (χ0v) is 17.6. The van der Waals surface area contributed by atoms with Crippen LogP contribution in [0.15, 0.2) is 39.6 Å². The third-order valence-corrected chi connectivity index (χ3v) is 6.52. The quantitative estimate of drug-likeness (QED) is 0.462. The van der Waals surface area contributed by atoms with Crippen LogP contribution in [-0.4, -0.2) is 39.2 Å². The number of aromatic nitrogens is 2. The lowest BCUT2D eigenvalue weighted by Crippen LogP contribution is -2.32. The van der Waals surface area contributed by atoms with Crippen molar-refractivity contribution in [2.75, 3.05) is 18.8 Å². The van der Waals surface area contributed by atoms with Crippen LogP contribution in [0.4, 0.5) is 0 Å². The molecule has 0 aliphatic carbocycles. The highest BCUT2D eigenvalue weighted by Gasteiger charge is 2.18. The lowest BCUT2D eigenvalue weighted by atomic mass is 10.1. The van der Waals surface area contributed by atoms with E-state index in [0.717, 1.165) is 16.8 Å². The molecule has 1 aromatic carbocycles. The molecule has 3 rings (SSSR count). The minimum Gasteiger partial charge on any atom is -0.343 e. The van der Waals surface area contributed by atoms with E-state index in [-0.39, 0.29) is 17.2 Å². The Kier molecular flexibility index (Phi) is 6.01. The molecule has 1 amide bonds. The first-order valence-corrected chi connectivity index (χ1v) is 10.8. The first-order chi connectivity index (χ1) is 13.0. The van der Waals surface area contributed by atoms with Gasteiger partial charge in [-0.15, -0.1) is 11.3 Å². The van der Waals surface area contributed by atoms with E-state index in [0.29, 0.717) is 28.5 Å². The van der Waals surface area contributed by atoms with E-state index in [1.165, 1.54) is 23.1 Å². The fraction of sp³-hybridized carbons (Fsp3) is 0.350. The molecule has 7 heteroatoms. The molecule has 2 heterocycles. The standard InChI is InChI=1S/C20H23N3O2S2/c1-5-22(6-2)17(24)12-27-20-21-15-10-11-26-18(15)19(25)23(20)16-9-7-8-13(3)14(16)4/h7-11H,5-6,12H2,1-4H3. The molecule has 2 aromatic heterocycles. The number of thioether (sulfide) groups is 1. The first kappa shape index (κ1) is 19.6. The fourth-order valence-electron chi connectivity index (χ4n) is 2.97. The van der Waals surface area contributed by atoms with Crippen LogP contribution in [-0.2, 0) is 4.79 Å². The van der Waals surface area contributed by atoms with Gasteiger partial charge in [0.2, 0.25) is 5.91 Å². The van der Waals surface area contributed by atoms with E-state index >= 15 is 0 Å². The van der Waals surface area contributed by atoms with E-state index in [1.807, 2.05) is 57.3 Å². The Labute approximate surface area is 167 Å². The molecule has 0 aliphatic heterocycles. The number of amides is 1. The second-order valence-electron chi connectivity index (χ2n) is 6.24. The summed E-state index contributed by atoms with van der Waals surface area (Å²) in [4.78, 5) is 32.1. The van der Waals surface area contributed by atoms with Crippen molar-refractivity contribution < 1.29 is 4.79 Å². The predicted octanol–water partition coefficient (Wildman–Crippen LogP) is 4.02. The lowest BCUT2D eigenvalue weighted by molar-refractivity contribution is -0.127. The van der Waals surface area contributed by atoms with E-state index in [1.54, 1.807) is 9.47 Å². The molecule has 3 aromatic rings. The number of carbonyl (C=O) groups excluding carboxylic acids is 1. The Morgan fingerprint density at radius 3 is 2.67 bits per heavy atom. The second kappa shape index (κ2) is 8.27. The van der Waals surface area contributed by atoms with Crippen LogP contribution < -0.4 is 5.56 Å². The van der Waals surface area contributed by atoms with Gasteiger partial charge in [-0.3, -0.25) is 14.2 Å². The Morgan fingerprint density at radius 2 is 1.96 bits per heavy atom. The highest BCUT2D eigenvalue weighted by molar-refractivity contribution is 7.99. The lowest BCUT2D eigenvalue weighted by Gasteiger charge is -2.19. The third kappa shape index (κ3) is 3.80. The molecule has 0 fully saturated rings. The molecule has 0 bridgehead atoms. The summed E-state index contributed by atoms with van der Waals surface area (Å²) in [6, 6.07) is 7.75. The van der Waals surface area contributed by atoms with Crippen molar-refractivity contribution in [3.63, 3.8) is 0 Å². The number of carbonyl (C=O) groups is 1. The zero-order valence-electron chi connectivity index (χ0n) is 16.0. The fourth-order valence-corrected chi connectivity index (χ4v) is 4.64. The average Bonchev–Trinajstić information content (AvgIpc) is 3.13. The van der Waals surface area contributed by atoms with Gasteiger partial charge in [-0.25, -0.2) is 4.98 Å². The average molecular weight is 402 g/mol. The highest BCUT2D eigenvalue weighted by atomic mass is 32.2. The van der Waals surface area contributed by atoms with Crippen LogP contribution in [0.1, 0.15) is 25.0 Å². The van der Waals surface area contributed by atoms with Crippen molar-refractivity contribution in [1.82, 2.24) is 14.5 Å². The molecule has 142 valence electrons. The number of hydrogen-bond donors (Lipinski definition) is 0. The Balaban J connectivity index is 2.10. The molecule has 0 N–H and O–H groups in total. The SMILES string of the molecule is CCN(CC)C(=O)CSc1nc2ccsc2c(=O)n1-c1cccc(C)c1C. The van der Waals surface area contributed by atoms with Crippen LogP contribution in [0, 0.1) is 13.8 Å². The normalized spacial score (nSPS) is 11.1. The summed E-state index contributed by atoms with van der Waals surface area (Å²) in [5, 5.41) is 2.43. The Hall–Kier alpha value is -2.12. The summed E-state index contributed by atoms with van der Waals surface area (Å²) in [5.74, 6) is 0.312. The number of fused-ring (bicyclic) bond motifs is 1. The Bertz CT molecular complexity index is 1040. The van der Waals surface area contributed by atoms with Crippen LogP contribution in [0.3, 0.4) is 0 Å². The number of hydrogen-bond acceptors (Lipinski definition) is 5. The van der Waals surface area contributed by atoms with Gasteiger partial charge in [-0.2, -0.15) is 0 Å². The summed E-state index contributed by atoms with van der Waals surface area (Å²) in [5.41, 5.74) is 3.57. The number of aryl methyl sites for hydroxylation is 1. The molecule has 5 nitrogen and oxygen atoms in total. The van der Waals surface area contributed by atoms with Gasteiger partial charge in [-0.1, -0.05) is 23.9 Å². The molecule has 0 aliphatic rings. The summed E-state index contributed by atoms with van der Waals surface area (Å²) in [6.07, 6.45) is 0. The molecule has 0 radical (unpaired) electrons. The molecule has 0 saturated heterocycles. The van der Waals surface area contributed by atoms with Crippen molar-refractivity contribution in [3.8, 4) is 5.69 Å². The minimum atomic E-state index is -0.0820. The van der Waals surface area contributed by atoms with E-state index in [2.05, 4.69) is 0 Å². The van der Waals surface area contributed by atoms with Crippen LogP contribution in [0.25, 0.3) is 15.9 Å². The second-order valence-corrected chi connectivity index (χ2v) is 8.10. The van der Waals surface area contributed by atoms with E-state index in [9.17, 15) is 9.59 Å². The van der Waals surface area contributed by atoms with Crippen LogP contribution in [0.2, 0.25) is 0 Å². The minimum absolute atomic E-state index is 0.0529. The predicted molar refractivity (Wildman–Crippen MR) is 113 cm³/mol. The van der Waals surface area contributed by atoms with Gasteiger partial charge >= 0.3 is 0 Å². The molecule has 0 spiro atoms. The van der Waals surface area contributed by atoms with Crippen molar-refractivity contribution in [2.24, 2.45) is 0 Å². The van der Waals surface area contributed by atoms with Crippen LogP contribution >= 0.6 is 23.1 Å². The van der Waals surface area contributed by atoms with Crippen molar-refractivity contribution in [1.29, 1.82) is 0 Å². The van der Waals surface area contributed by atoms with Crippen molar-refractivity contribution in [3.05, 3.63) is 51.1 Å². The van der Waals surface area contributed by atoms with Gasteiger partial charge in [0, 0.05) is 13.1 Å². The summed E-state index contributed by atoms with van der Waals surface area (Å²) in [6.45, 7) is 9.32. The summed E-state index contributed by atoms with van der Waals surface area (Å²) < 4.78 is 2.29. The highest BCUT2D eigenvalue weighted by Crippen LogP contribution is 2.26. The van der Waals surface area contributed by atoms with Gasteiger partial charge < -0.3 is 4.90 Å². The number of thiophene rings is 1. The molecule has 0 saturated carbocycles. The van der Waals surface area contributed by atoms with Crippen molar-refractivity contribution >= 4 is 39.2 Å². The number of benzene rings is 1. The maximum atomic E-state index is 13.2. The van der Waals surface area contributed by atoms with Gasteiger partial charge in [0.1, 0.15) is 4.70 Å². The van der Waals surface area contributed by atoms with Gasteiger partial charge in [0.15, 0.2) is 5.16 Å². The molecule has 0 atom stereocenters. The number of rotatable bonds is 6.